The van der Waals surface area contributed by atoms with Crippen LogP contribution in [0, 0.1) is 0 Å². The first kappa shape index (κ1) is 19.4. The molecule has 1 atom stereocenters. The molecule has 0 saturated carbocycles. The van der Waals surface area contributed by atoms with E-state index >= 15 is 0 Å². The van der Waals surface area contributed by atoms with E-state index in [1.54, 1.807) is 16.2 Å². The Balaban J connectivity index is 1.47. The Hall–Kier alpha value is -1.40. The minimum absolute atomic E-state index is 0.0500. The Bertz CT molecular complexity index is 582. The zero-order valence-electron chi connectivity index (χ0n) is 15.8. The van der Waals surface area contributed by atoms with E-state index in [1.165, 1.54) is 19.4 Å². The summed E-state index contributed by atoms with van der Waals surface area (Å²) in [5.41, 5.74) is 0. The fourth-order valence-corrected chi connectivity index (χ4v) is 4.68. The fourth-order valence-electron chi connectivity index (χ4n) is 3.98. The summed E-state index contributed by atoms with van der Waals surface area (Å²) in [6.45, 7) is 6.23. The van der Waals surface area contributed by atoms with Gasteiger partial charge in [0.05, 0.1) is 6.42 Å². The summed E-state index contributed by atoms with van der Waals surface area (Å²) >= 11 is 1.60. The molecule has 1 unspecified atom stereocenters. The molecule has 2 amide bonds. The third kappa shape index (κ3) is 5.07. The standard InChI is InChI=1S/C20H31N3O2S/c1-2-3-10-22-12-8-16(9-13-22)21-20(25)18-7-4-11-23(18)19(24)15-17-6-5-14-26-17/h5-6,14,16,18H,2-4,7-13,15H2,1H3,(H,21,25). The second-order valence-corrected chi connectivity index (χ2v) is 8.51. The Labute approximate surface area is 160 Å². The maximum atomic E-state index is 12.8. The molecule has 3 heterocycles. The Morgan fingerprint density at radius 1 is 1.23 bits per heavy atom. The van der Waals surface area contributed by atoms with Crippen LogP contribution in [0.3, 0.4) is 0 Å². The number of thiophene rings is 1. The second kappa shape index (κ2) is 9.51. The number of likely N-dealkylation sites (tertiary alicyclic amines) is 2. The molecule has 2 fully saturated rings. The first-order valence-electron chi connectivity index (χ1n) is 10.0. The van der Waals surface area contributed by atoms with Crippen LogP contribution in [0.5, 0.6) is 0 Å². The lowest BCUT2D eigenvalue weighted by Crippen LogP contribution is -2.51. The molecule has 0 aliphatic carbocycles. The van der Waals surface area contributed by atoms with Crippen LogP contribution in [0.2, 0.25) is 0 Å². The van der Waals surface area contributed by atoms with Gasteiger partial charge in [0.2, 0.25) is 11.8 Å². The second-order valence-electron chi connectivity index (χ2n) is 7.48. The number of carbonyl (C=O) groups is 2. The smallest absolute Gasteiger partial charge is 0.243 e. The van der Waals surface area contributed by atoms with Crippen LogP contribution in [0.15, 0.2) is 17.5 Å². The molecule has 0 spiro atoms. The molecule has 2 aliphatic heterocycles. The van der Waals surface area contributed by atoms with Gasteiger partial charge in [-0.1, -0.05) is 19.4 Å². The molecule has 1 aromatic heterocycles. The highest BCUT2D eigenvalue weighted by Gasteiger charge is 2.35. The van der Waals surface area contributed by atoms with Crippen molar-refractivity contribution in [2.45, 2.75) is 64.0 Å². The van der Waals surface area contributed by atoms with Crippen molar-refractivity contribution in [2.24, 2.45) is 0 Å². The minimum atomic E-state index is -0.277. The summed E-state index contributed by atoms with van der Waals surface area (Å²) in [5, 5.41) is 5.21. The van der Waals surface area contributed by atoms with Gasteiger partial charge in [-0.25, -0.2) is 0 Å². The average Bonchev–Trinajstić information content (AvgIpc) is 3.32. The maximum Gasteiger partial charge on any atom is 0.243 e. The fraction of sp³-hybridized carbons (Fsp3) is 0.700. The molecular formula is C20H31N3O2S. The quantitative estimate of drug-likeness (QED) is 0.795. The first-order chi connectivity index (χ1) is 12.7. The molecule has 2 saturated heterocycles. The summed E-state index contributed by atoms with van der Waals surface area (Å²) in [7, 11) is 0. The van der Waals surface area contributed by atoms with Gasteiger partial charge in [-0.3, -0.25) is 9.59 Å². The summed E-state index contributed by atoms with van der Waals surface area (Å²) < 4.78 is 0. The SMILES string of the molecule is CCCCN1CCC(NC(=O)C2CCCN2C(=O)Cc2cccs2)CC1. The van der Waals surface area contributed by atoms with Gasteiger partial charge < -0.3 is 15.1 Å². The van der Waals surface area contributed by atoms with Crippen molar-refractivity contribution in [1.82, 2.24) is 15.1 Å². The van der Waals surface area contributed by atoms with E-state index in [9.17, 15) is 9.59 Å². The highest BCUT2D eigenvalue weighted by Crippen LogP contribution is 2.21. The van der Waals surface area contributed by atoms with Crippen molar-refractivity contribution in [3.05, 3.63) is 22.4 Å². The molecule has 1 aromatic rings. The molecule has 144 valence electrons. The highest BCUT2D eigenvalue weighted by molar-refractivity contribution is 7.10. The van der Waals surface area contributed by atoms with Gasteiger partial charge in [-0.05, 0) is 50.1 Å². The van der Waals surface area contributed by atoms with Gasteiger partial charge in [0.1, 0.15) is 6.04 Å². The Morgan fingerprint density at radius 3 is 2.73 bits per heavy atom. The summed E-state index contributed by atoms with van der Waals surface area (Å²) in [6, 6.07) is 3.93. The van der Waals surface area contributed by atoms with Crippen LogP contribution in [-0.2, 0) is 16.0 Å². The zero-order valence-corrected chi connectivity index (χ0v) is 16.6. The van der Waals surface area contributed by atoms with E-state index in [0.717, 1.165) is 43.6 Å². The number of hydrogen-bond acceptors (Lipinski definition) is 4. The van der Waals surface area contributed by atoms with Gasteiger partial charge >= 0.3 is 0 Å². The predicted molar refractivity (Wildman–Crippen MR) is 105 cm³/mol. The molecule has 6 heteroatoms. The van der Waals surface area contributed by atoms with Crippen molar-refractivity contribution in [3.8, 4) is 0 Å². The van der Waals surface area contributed by atoms with E-state index in [2.05, 4.69) is 17.1 Å². The molecule has 0 bridgehead atoms. The molecule has 26 heavy (non-hydrogen) atoms. The third-order valence-corrected chi connectivity index (χ3v) is 6.42. The number of carbonyl (C=O) groups excluding carboxylic acids is 2. The number of piperidine rings is 1. The summed E-state index contributed by atoms with van der Waals surface area (Å²) in [4.78, 5) is 30.7. The van der Waals surface area contributed by atoms with Crippen molar-refractivity contribution >= 4 is 23.2 Å². The Kier molecular flexibility index (Phi) is 7.08. The Morgan fingerprint density at radius 2 is 2.04 bits per heavy atom. The molecule has 0 radical (unpaired) electrons. The van der Waals surface area contributed by atoms with E-state index in [-0.39, 0.29) is 23.9 Å². The lowest BCUT2D eigenvalue weighted by molar-refractivity contribution is -0.138. The van der Waals surface area contributed by atoms with Crippen LogP contribution < -0.4 is 5.32 Å². The van der Waals surface area contributed by atoms with Crippen LogP contribution >= 0.6 is 11.3 Å². The number of hydrogen-bond donors (Lipinski definition) is 1. The topological polar surface area (TPSA) is 52.7 Å². The molecule has 5 nitrogen and oxygen atoms in total. The summed E-state index contributed by atoms with van der Waals surface area (Å²) in [5.74, 6) is 0.133. The molecule has 1 N–H and O–H groups in total. The minimum Gasteiger partial charge on any atom is -0.351 e. The normalized spacial score (nSPS) is 21.9. The number of nitrogens with one attached hydrogen (secondary N) is 1. The lowest BCUT2D eigenvalue weighted by atomic mass is 10.0. The molecule has 0 aromatic carbocycles. The van der Waals surface area contributed by atoms with Gasteiger partial charge in [-0.2, -0.15) is 0 Å². The van der Waals surface area contributed by atoms with Crippen molar-refractivity contribution < 1.29 is 9.59 Å². The third-order valence-electron chi connectivity index (χ3n) is 5.54. The maximum absolute atomic E-state index is 12.8. The highest BCUT2D eigenvalue weighted by atomic mass is 32.1. The number of nitrogens with zero attached hydrogens (tertiary/aromatic N) is 2. The molecule has 3 rings (SSSR count). The van der Waals surface area contributed by atoms with E-state index in [0.29, 0.717) is 13.0 Å². The van der Waals surface area contributed by atoms with E-state index < -0.39 is 0 Å². The largest absolute Gasteiger partial charge is 0.351 e. The van der Waals surface area contributed by atoms with E-state index in [1.807, 2.05) is 17.5 Å². The van der Waals surface area contributed by atoms with Crippen LogP contribution in [0.25, 0.3) is 0 Å². The van der Waals surface area contributed by atoms with E-state index in [4.69, 9.17) is 0 Å². The predicted octanol–water partition coefficient (Wildman–Crippen LogP) is 2.66. The first-order valence-corrected chi connectivity index (χ1v) is 10.9. The number of rotatable bonds is 7. The van der Waals surface area contributed by atoms with Crippen molar-refractivity contribution in [3.63, 3.8) is 0 Å². The van der Waals surface area contributed by atoms with Crippen molar-refractivity contribution in [2.75, 3.05) is 26.2 Å². The monoisotopic (exact) mass is 377 g/mol. The zero-order chi connectivity index (χ0) is 18.4. The summed E-state index contributed by atoms with van der Waals surface area (Å²) in [6.07, 6.45) is 6.64. The van der Waals surface area contributed by atoms with Crippen LogP contribution in [0.1, 0.15) is 50.3 Å². The average molecular weight is 378 g/mol. The van der Waals surface area contributed by atoms with Crippen LogP contribution in [0.4, 0.5) is 0 Å². The van der Waals surface area contributed by atoms with Gasteiger partial charge in [-0.15, -0.1) is 11.3 Å². The molecule has 2 aliphatic rings. The van der Waals surface area contributed by atoms with Crippen molar-refractivity contribution in [1.29, 1.82) is 0 Å². The van der Waals surface area contributed by atoms with Gasteiger partial charge in [0, 0.05) is 30.6 Å². The number of unbranched alkanes of at least 4 members (excludes halogenated alkanes) is 1. The number of amides is 2. The van der Waals surface area contributed by atoms with Crippen LogP contribution in [-0.4, -0.2) is 59.9 Å². The lowest BCUT2D eigenvalue weighted by Gasteiger charge is -2.33. The molecular weight excluding hydrogens is 346 g/mol. The van der Waals surface area contributed by atoms with Gasteiger partial charge in [0.25, 0.3) is 0 Å². The van der Waals surface area contributed by atoms with Gasteiger partial charge in [0.15, 0.2) is 0 Å².